The van der Waals surface area contributed by atoms with E-state index in [0.29, 0.717) is 36.2 Å². The maximum atomic E-state index is 12.6. The molecule has 1 fully saturated rings. The van der Waals surface area contributed by atoms with Crippen LogP contribution in [0.5, 0.6) is 0 Å². The second-order valence-electron chi connectivity index (χ2n) is 4.99. The summed E-state index contributed by atoms with van der Waals surface area (Å²) < 4.78 is 0. The Morgan fingerprint density at radius 1 is 1.38 bits per heavy atom. The molecule has 1 aromatic heterocycles. The molecule has 1 aliphatic rings. The highest BCUT2D eigenvalue weighted by molar-refractivity contribution is 6.33. The van der Waals surface area contributed by atoms with Crippen LogP contribution in [-0.4, -0.2) is 72.2 Å². The fraction of sp³-hybridized carbons (Fsp3) is 0.571. The normalized spacial score (nSPS) is 16.6. The van der Waals surface area contributed by atoms with Gasteiger partial charge in [0.2, 0.25) is 0 Å². The Morgan fingerprint density at radius 3 is 2.90 bits per heavy atom. The lowest BCUT2D eigenvalue weighted by molar-refractivity contribution is 0.0755. The molecule has 0 bridgehead atoms. The molecule has 1 amide bonds. The molecule has 2 rings (SSSR count). The highest BCUT2D eigenvalue weighted by Gasteiger charge is 2.23. The lowest BCUT2D eigenvalue weighted by Gasteiger charge is -2.21. The van der Waals surface area contributed by atoms with E-state index in [2.05, 4.69) is 15.2 Å². The standard InChI is InChI=1S/C14H21ClN4O2/c1-16-12-4-3-11(15)13(17-12)14(21)19-6-2-5-18(7-8-19)9-10-20/h3-4,20H,2,5-10H2,1H3,(H,16,17). The number of halogens is 1. The Balaban J connectivity index is 2.09. The molecule has 0 saturated carbocycles. The summed E-state index contributed by atoms with van der Waals surface area (Å²) in [6, 6.07) is 3.42. The molecule has 0 radical (unpaired) electrons. The summed E-state index contributed by atoms with van der Waals surface area (Å²) in [7, 11) is 1.75. The molecule has 6 nitrogen and oxygen atoms in total. The number of hydrogen-bond donors (Lipinski definition) is 2. The molecule has 7 heteroatoms. The van der Waals surface area contributed by atoms with E-state index in [1.54, 1.807) is 24.1 Å². The minimum absolute atomic E-state index is 0.136. The third-order valence-corrected chi connectivity index (χ3v) is 3.90. The second-order valence-corrected chi connectivity index (χ2v) is 5.40. The lowest BCUT2D eigenvalue weighted by atomic mass is 10.3. The summed E-state index contributed by atoms with van der Waals surface area (Å²) in [6.07, 6.45) is 0.884. The molecule has 2 heterocycles. The lowest BCUT2D eigenvalue weighted by Crippen LogP contribution is -2.36. The van der Waals surface area contributed by atoms with Crippen LogP contribution in [0.4, 0.5) is 5.82 Å². The first-order valence-corrected chi connectivity index (χ1v) is 7.50. The SMILES string of the molecule is CNc1ccc(Cl)c(C(=O)N2CCCN(CCO)CC2)n1. The van der Waals surface area contributed by atoms with Crippen LogP contribution in [0, 0.1) is 0 Å². The molecular weight excluding hydrogens is 292 g/mol. The largest absolute Gasteiger partial charge is 0.395 e. The van der Waals surface area contributed by atoms with Crippen molar-refractivity contribution in [3.63, 3.8) is 0 Å². The van der Waals surface area contributed by atoms with Crippen LogP contribution in [0.2, 0.25) is 5.02 Å². The molecule has 1 aliphatic heterocycles. The van der Waals surface area contributed by atoms with Gasteiger partial charge in [0.25, 0.3) is 5.91 Å². The molecule has 0 aliphatic carbocycles. The molecule has 0 unspecified atom stereocenters. The zero-order valence-corrected chi connectivity index (χ0v) is 12.9. The van der Waals surface area contributed by atoms with Gasteiger partial charge in [0.15, 0.2) is 0 Å². The number of aromatic nitrogens is 1. The van der Waals surface area contributed by atoms with Crippen molar-refractivity contribution in [3.8, 4) is 0 Å². The van der Waals surface area contributed by atoms with Crippen LogP contribution in [0.1, 0.15) is 16.9 Å². The highest BCUT2D eigenvalue weighted by Crippen LogP contribution is 2.19. The molecule has 0 spiro atoms. The Kier molecular flexibility index (Phi) is 5.78. The van der Waals surface area contributed by atoms with Crippen LogP contribution in [-0.2, 0) is 0 Å². The van der Waals surface area contributed by atoms with Crippen LogP contribution in [0.25, 0.3) is 0 Å². The Bertz CT molecular complexity index is 498. The monoisotopic (exact) mass is 312 g/mol. The number of aliphatic hydroxyl groups excluding tert-OH is 1. The number of β-amino-alcohol motifs (C(OH)–C–C–N with tert-alkyl or cyclic N) is 1. The smallest absolute Gasteiger partial charge is 0.274 e. The van der Waals surface area contributed by atoms with Gasteiger partial charge in [0.05, 0.1) is 11.6 Å². The summed E-state index contributed by atoms with van der Waals surface area (Å²) in [5.41, 5.74) is 0.291. The summed E-state index contributed by atoms with van der Waals surface area (Å²) in [5, 5.41) is 12.3. The molecule has 2 N–H and O–H groups in total. The minimum Gasteiger partial charge on any atom is -0.395 e. The zero-order chi connectivity index (χ0) is 15.2. The van der Waals surface area contributed by atoms with E-state index in [0.717, 1.165) is 19.5 Å². The summed E-state index contributed by atoms with van der Waals surface area (Å²) in [6.45, 7) is 3.75. The van der Waals surface area contributed by atoms with Crippen molar-refractivity contribution in [2.24, 2.45) is 0 Å². The van der Waals surface area contributed by atoms with Gasteiger partial charge in [-0.2, -0.15) is 0 Å². The first-order chi connectivity index (χ1) is 10.2. The molecule has 1 saturated heterocycles. The molecule has 116 valence electrons. The Morgan fingerprint density at radius 2 is 2.19 bits per heavy atom. The van der Waals surface area contributed by atoms with Crippen molar-refractivity contribution >= 4 is 23.3 Å². The van der Waals surface area contributed by atoms with Crippen molar-refractivity contribution in [2.75, 3.05) is 51.7 Å². The van der Waals surface area contributed by atoms with Crippen molar-refractivity contribution in [1.29, 1.82) is 0 Å². The minimum atomic E-state index is -0.136. The highest BCUT2D eigenvalue weighted by atomic mass is 35.5. The quantitative estimate of drug-likeness (QED) is 0.865. The van der Waals surface area contributed by atoms with Gasteiger partial charge in [-0.1, -0.05) is 11.6 Å². The van der Waals surface area contributed by atoms with Crippen LogP contribution in [0.3, 0.4) is 0 Å². The first-order valence-electron chi connectivity index (χ1n) is 7.12. The molecule has 1 aromatic rings. The Labute approximate surface area is 129 Å². The predicted molar refractivity (Wildman–Crippen MR) is 82.8 cm³/mol. The number of pyridine rings is 1. The fourth-order valence-electron chi connectivity index (χ4n) is 2.42. The summed E-state index contributed by atoms with van der Waals surface area (Å²) in [5.74, 6) is 0.488. The van der Waals surface area contributed by atoms with Gasteiger partial charge in [0, 0.05) is 33.2 Å². The third kappa shape index (κ3) is 4.06. The first kappa shape index (κ1) is 16.0. The van der Waals surface area contributed by atoms with Gasteiger partial charge < -0.3 is 15.3 Å². The Hall–Kier alpha value is -1.37. The van der Waals surface area contributed by atoms with E-state index in [9.17, 15) is 4.79 Å². The molecular formula is C14H21ClN4O2. The van der Waals surface area contributed by atoms with E-state index < -0.39 is 0 Å². The second kappa shape index (κ2) is 7.59. The average Bonchev–Trinajstić information content (AvgIpc) is 2.73. The van der Waals surface area contributed by atoms with Gasteiger partial charge in [-0.15, -0.1) is 0 Å². The van der Waals surface area contributed by atoms with Crippen molar-refractivity contribution in [1.82, 2.24) is 14.8 Å². The van der Waals surface area contributed by atoms with Gasteiger partial charge in [-0.05, 0) is 25.1 Å². The number of carbonyl (C=O) groups excluding carboxylic acids is 1. The van der Waals surface area contributed by atoms with Crippen LogP contribution >= 0.6 is 11.6 Å². The van der Waals surface area contributed by atoms with E-state index >= 15 is 0 Å². The summed E-state index contributed by atoms with van der Waals surface area (Å²) >= 11 is 6.11. The van der Waals surface area contributed by atoms with Gasteiger partial charge >= 0.3 is 0 Å². The predicted octanol–water partition coefficient (Wildman–Crippen LogP) is 0.917. The van der Waals surface area contributed by atoms with E-state index in [-0.39, 0.29) is 12.5 Å². The topological polar surface area (TPSA) is 68.7 Å². The van der Waals surface area contributed by atoms with E-state index in [1.165, 1.54) is 0 Å². The number of aliphatic hydroxyl groups is 1. The number of carbonyl (C=O) groups is 1. The number of nitrogens with one attached hydrogen (secondary N) is 1. The van der Waals surface area contributed by atoms with Crippen LogP contribution in [0.15, 0.2) is 12.1 Å². The molecule has 0 aromatic carbocycles. The van der Waals surface area contributed by atoms with E-state index in [4.69, 9.17) is 16.7 Å². The van der Waals surface area contributed by atoms with Crippen molar-refractivity contribution < 1.29 is 9.90 Å². The van der Waals surface area contributed by atoms with Gasteiger partial charge in [-0.25, -0.2) is 4.98 Å². The third-order valence-electron chi connectivity index (χ3n) is 3.60. The number of rotatable bonds is 4. The van der Waals surface area contributed by atoms with Crippen molar-refractivity contribution in [2.45, 2.75) is 6.42 Å². The van der Waals surface area contributed by atoms with Gasteiger partial charge in [0.1, 0.15) is 11.5 Å². The zero-order valence-electron chi connectivity index (χ0n) is 12.2. The summed E-state index contributed by atoms with van der Waals surface area (Å²) in [4.78, 5) is 20.8. The number of anilines is 1. The molecule has 21 heavy (non-hydrogen) atoms. The average molecular weight is 313 g/mol. The number of hydrogen-bond acceptors (Lipinski definition) is 5. The maximum absolute atomic E-state index is 12.6. The van der Waals surface area contributed by atoms with Crippen LogP contribution < -0.4 is 5.32 Å². The fourth-order valence-corrected chi connectivity index (χ4v) is 2.61. The van der Waals surface area contributed by atoms with Gasteiger partial charge in [-0.3, -0.25) is 9.69 Å². The number of amides is 1. The molecule has 0 atom stereocenters. The van der Waals surface area contributed by atoms with Crippen molar-refractivity contribution in [3.05, 3.63) is 22.8 Å². The van der Waals surface area contributed by atoms with E-state index in [1.807, 2.05) is 0 Å². The maximum Gasteiger partial charge on any atom is 0.274 e. The number of nitrogens with zero attached hydrogens (tertiary/aromatic N) is 3.